The van der Waals surface area contributed by atoms with Gasteiger partial charge in [0.25, 0.3) is 0 Å². The Balaban J connectivity index is 1.97. The molecule has 1 saturated carbocycles. The third-order valence-electron chi connectivity index (χ3n) is 5.37. The van der Waals surface area contributed by atoms with Gasteiger partial charge in [0.1, 0.15) is 17.6 Å². The van der Waals surface area contributed by atoms with E-state index in [1.54, 1.807) is 6.08 Å². The van der Waals surface area contributed by atoms with Gasteiger partial charge in [0.05, 0.1) is 0 Å². The number of allylic oxidation sites excluding steroid dienone is 1. The highest BCUT2D eigenvalue weighted by atomic mass is 16.6. The van der Waals surface area contributed by atoms with Crippen LogP contribution in [0.4, 0.5) is 0 Å². The van der Waals surface area contributed by atoms with Crippen molar-refractivity contribution in [2.45, 2.75) is 31.8 Å². The first-order chi connectivity index (χ1) is 8.51. The highest BCUT2D eigenvalue weighted by Crippen LogP contribution is 2.56. The summed E-state index contributed by atoms with van der Waals surface area (Å²) in [7, 11) is 0. The van der Waals surface area contributed by atoms with Gasteiger partial charge in [-0.1, -0.05) is 12.2 Å². The summed E-state index contributed by atoms with van der Waals surface area (Å²) in [5.74, 6) is 0.451. The fraction of sp³-hybridized carbons (Fsp3) is 0.786. The number of fused-ring (bicyclic) bond motifs is 3. The summed E-state index contributed by atoms with van der Waals surface area (Å²) in [6, 6.07) is 0. The van der Waals surface area contributed by atoms with Gasteiger partial charge in [0.15, 0.2) is 0 Å². The Kier molecular flexibility index (Phi) is 2.58. The van der Waals surface area contributed by atoms with Crippen LogP contribution >= 0.6 is 0 Å². The molecule has 0 unspecified atom stereocenters. The van der Waals surface area contributed by atoms with E-state index in [9.17, 15) is 15.0 Å². The van der Waals surface area contributed by atoms with Gasteiger partial charge in [0, 0.05) is 6.61 Å². The first-order valence-electron chi connectivity index (χ1n) is 6.71. The van der Waals surface area contributed by atoms with Gasteiger partial charge >= 0.3 is 5.97 Å². The van der Waals surface area contributed by atoms with Crippen LogP contribution in [0.3, 0.4) is 0 Å². The summed E-state index contributed by atoms with van der Waals surface area (Å²) in [6.45, 7) is 2.12. The number of carbonyl (C=O) groups excluding carboxylic acids is 1. The SMILES string of the molecule is C[C@]12C(=O)OC[C@@]1(O)C=C[C@H]1C[C@@H](CO)CC[C@@H]12. The number of cyclic esters (lactones) is 1. The van der Waals surface area contributed by atoms with Crippen molar-refractivity contribution in [1.29, 1.82) is 0 Å². The summed E-state index contributed by atoms with van der Waals surface area (Å²) in [4.78, 5) is 12.1. The van der Waals surface area contributed by atoms with Gasteiger partial charge in [-0.2, -0.15) is 0 Å². The third kappa shape index (κ3) is 1.36. The molecule has 18 heavy (non-hydrogen) atoms. The zero-order chi connectivity index (χ0) is 13.0. The zero-order valence-corrected chi connectivity index (χ0v) is 10.6. The standard InChI is InChI=1S/C14H20O4/c1-13-11-3-2-9(7-15)6-10(11)4-5-14(13,17)8-18-12(13)16/h4-5,9-11,15,17H,2-3,6-8H2,1H3/t9-,10-,11-,13-,14-/m0/s1. The smallest absolute Gasteiger partial charge is 0.315 e. The molecule has 4 heteroatoms. The largest absolute Gasteiger partial charge is 0.462 e. The molecule has 1 heterocycles. The summed E-state index contributed by atoms with van der Waals surface area (Å²) >= 11 is 0. The van der Waals surface area contributed by atoms with Crippen LogP contribution in [0.5, 0.6) is 0 Å². The second-order valence-corrected chi connectivity index (χ2v) is 6.19. The van der Waals surface area contributed by atoms with E-state index in [0.29, 0.717) is 5.92 Å². The van der Waals surface area contributed by atoms with E-state index in [2.05, 4.69) is 0 Å². The number of hydrogen-bond donors (Lipinski definition) is 2. The molecule has 100 valence electrons. The molecule has 3 rings (SSSR count). The summed E-state index contributed by atoms with van der Waals surface area (Å²) < 4.78 is 5.12. The van der Waals surface area contributed by atoms with Crippen LogP contribution in [0.2, 0.25) is 0 Å². The van der Waals surface area contributed by atoms with Crippen molar-refractivity contribution in [2.75, 3.05) is 13.2 Å². The molecule has 3 aliphatic rings. The lowest BCUT2D eigenvalue weighted by Gasteiger charge is -2.49. The molecule has 1 saturated heterocycles. The maximum atomic E-state index is 12.1. The quantitative estimate of drug-likeness (QED) is 0.537. The van der Waals surface area contributed by atoms with Crippen molar-refractivity contribution in [3.63, 3.8) is 0 Å². The van der Waals surface area contributed by atoms with Crippen molar-refractivity contribution in [1.82, 2.24) is 0 Å². The molecule has 0 radical (unpaired) electrons. The van der Waals surface area contributed by atoms with Crippen LogP contribution in [-0.2, 0) is 9.53 Å². The van der Waals surface area contributed by atoms with Crippen LogP contribution < -0.4 is 0 Å². The predicted octanol–water partition coefficient (Wildman–Crippen LogP) is 0.875. The Hall–Kier alpha value is -0.870. The van der Waals surface area contributed by atoms with Crippen molar-refractivity contribution in [3.05, 3.63) is 12.2 Å². The molecule has 2 aliphatic carbocycles. The topological polar surface area (TPSA) is 66.8 Å². The monoisotopic (exact) mass is 252 g/mol. The fourth-order valence-electron chi connectivity index (χ4n) is 4.02. The molecule has 0 amide bonds. The minimum Gasteiger partial charge on any atom is -0.462 e. The minimum atomic E-state index is -1.14. The van der Waals surface area contributed by atoms with Gasteiger partial charge < -0.3 is 14.9 Å². The molecule has 0 spiro atoms. The first-order valence-corrected chi connectivity index (χ1v) is 6.71. The lowest BCUT2D eigenvalue weighted by molar-refractivity contribution is -0.154. The average Bonchev–Trinajstić information content (AvgIpc) is 2.63. The normalized spacial score (nSPS) is 50.6. The lowest BCUT2D eigenvalue weighted by Crippen LogP contribution is -2.55. The van der Waals surface area contributed by atoms with Gasteiger partial charge in [0.2, 0.25) is 0 Å². The van der Waals surface area contributed by atoms with E-state index in [-0.39, 0.29) is 31.0 Å². The number of aliphatic hydroxyl groups is 2. The maximum Gasteiger partial charge on any atom is 0.315 e. The Morgan fingerprint density at radius 2 is 2.28 bits per heavy atom. The molecular weight excluding hydrogens is 232 g/mol. The second kappa shape index (κ2) is 3.81. The Morgan fingerprint density at radius 1 is 1.50 bits per heavy atom. The summed E-state index contributed by atoms with van der Waals surface area (Å²) in [6.07, 6.45) is 6.46. The molecule has 0 aromatic rings. The fourth-order valence-corrected chi connectivity index (χ4v) is 4.02. The van der Waals surface area contributed by atoms with Crippen LogP contribution in [0, 0.1) is 23.2 Å². The number of esters is 1. The van der Waals surface area contributed by atoms with E-state index in [1.165, 1.54) is 0 Å². The first kappa shape index (κ1) is 12.2. The number of hydrogen-bond acceptors (Lipinski definition) is 4. The average molecular weight is 252 g/mol. The summed E-state index contributed by atoms with van der Waals surface area (Å²) in [5, 5.41) is 19.9. The van der Waals surface area contributed by atoms with E-state index >= 15 is 0 Å². The molecule has 2 fully saturated rings. The molecular formula is C14H20O4. The molecule has 4 nitrogen and oxygen atoms in total. The van der Waals surface area contributed by atoms with Crippen LogP contribution in [0.25, 0.3) is 0 Å². The van der Waals surface area contributed by atoms with E-state index in [1.807, 2.05) is 13.0 Å². The van der Waals surface area contributed by atoms with Gasteiger partial charge in [-0.25, -0.2) is 0 Å². The molecule has 5 atom stereocenters. The Labute approximate surface area is 107 Å². The lowest BCUT2D eigenvalue weighted by atomic mass is 9.54. The predicted molar refractivity (Wildman–Crippen MR) is 64.6 cm³/mol. The second-order valence-electron chi connectivity index (χ2n) is 6.19. The minimum absolute atomic E-state index is 0.0749. The van der Waals surface area contributed by atoms with Crippen molar-refractivity contribution in [3.8, 4) is 0 Å². The van der Waals surface area contributed by atoms with Crippen LogP contribution in [0.1, 0.15) is 26.2 Å². The number of aliphatic hydroxyl groups excluding tert-OH is 1. The highest BCUT2D eigenvalue weighted by molar-refractivity contribution is 5.82. The van der Waals surface area contributed by atoms with Crippen molar-refractivity contribution < 1.29 is 19.7 Å². The number of carbonyl (C=O) groups is 1. The third-order valence-corrected chi connectivity index (χ3v) is 5.37. The Morgan fingerprint density at radius 3 is 3.00 bits per heavy atom. The zero-order valence-electron chi connectivity index (χ0n) is 10.6. The molecule has 0 aromatic carbocycles. The van der Waals surface area contributed by atoms with Crippen LogP contribution in [-0.4, -0.2) is 35.0 Å². The van der Waals surface area contributed by atoms with Gasteiger partial charge in [-0.05, 0) is 43.9 Å². The van der Waals surface area contributed by atoms with Crippen molar-refractivity contribution >= 4 is 5.97 Å². The van der Waals surface area contributed by atoms with E-state index < -0.39 is 11.0 Å². The van der Waals surface area contributed by atoms with Gasteiger partial charge in [-0.15, -0.1) is 0 Å². The van der Waals surface area contributed by atoms with Crippen molar-refractivity contribution in [2.24, 2.45) is 23.2 Å². The van der Waals surface area contributed by atoms with Gasteiger partial charge in [-0.3, -0.25) is 4.79 Å². The number of rotatable bonds is 1. The molecule has 1 aliphatic heterocycles. The maximum absolute atomic E-state index is 12.1. The molecule has 2 N–H and O–H groups in total. The van der Waals surface area contributed by atoms with E-state index in [0.717, 1.165) is 19.3 Å². The summed E-state index contributed by atoms with van der Waals surface area (Å²) in [5.41, 5.74) is -1.95. The highest BCUT2D eigenvalue weighted by Gasteiger charge is 2.65. The molecule has 0 bridgehead atoms. The Bertz CT molecular complexity index is 405. The molecule has 0 aromatic heterocycles. The van der Waals surface area contributed by atoms with E-state index in [4.69, 9.17) is 4.74 Å². The van der Waals surface area contributed by atoms with Crippen LogP contribution in [0.15, 0.2) is 12.2 Å². The number of ether oxygens (including phenoxy) is 1.